The number of aliphatic imine (C=N–C) groups is 1. The molecule has 0 fully saturated rings. The zero-order chi connectivity index (χ0) is 15.0. The van der Waals surface area contributed by atoms with Gasteiger partial charge in [-0.25, -0.2) is 8.42 Å². The lowest BCUT2D eigenvalue weighted by molar-refractivity contribution is 0.594. The Labute approximate surface area is 128 Å². The number of hydrogen-bond acceptors (Lipinski definition) is 3. The number of nitrogens with zero attached hydrogens (tertiary/aromatic N) is 1. The Morgan fingerprint density at radius 3 is 2.35 bits per heavy atom. The summed E-state index contributed by atoms with van der Waals surface area (Å²) in [6, 6.07) is 6.65. The fraction of sp³-hybridized carbons (Fsp3) is 0.462. The molecule has 0 spiro atoms. The van der Waals surface area contributed by atoms with Crippen molar-refractivity contribution in [1.29, 1.82) is 0 Å². The van der Waals surface area contributed by atoms with Crippen LogP contribution in [0, 0.1) is 0 Å². The molecule has 0 radical (unpaired) electrons. The molecule has 1 aromatic rings. The van der Waals surface area contributed by atoms with Crippen LogP contribution in [0.4, 0.5) is 0 Å². The maximum absolute atomic E-state index is 12.1. The monoisotopic (exact) mass is 361 g/mol. The molecule has 1 aromatic carbocycles. The van der Waals surface area contributed by atoms with E-state index < -0.39 is 9.84 Å². The van der Waals surface area contributed by atoms with Gasteiger partial charge in [0.2, 0.25) is 0 Å². The van der Waals surface area contributed by atoms with Gasteiger partial charge in [0, 0.05) is 24.6 Å². The van der Waals surface area contributed by atoms with Crippen LogP contribution >= 0.6 is 15.9 Å². The van der Waals surface area contributed by atoms with Crippen molar-refractivity contribution in [3.05, 3.63) is 28.7 Å². The Hall–Kier alpha value is -1.08. The highest BCUT2D eigenvalue weighted by atomic mass is 79.9. The molecule has 0 amide bonds. The van der Waals surface area contributed by atoms with E-state index in [1.54, 1.807) is 31.3 Å². The van der Waals surface area contributed by atoms with Crippen molar-refractivity contribution in [2.75, 3.05) is 25.9 Å². The summed E-state index contributed by atoms with van der Waals surface area (Å²) >= 11 is 3.29. The van der Waals surface area contributed by atoms with Crippen LogP contribution in [0.15, 0.2) is 38.6 Å². The summed E-state index contributed by atoms with van der Waals surface area (Å²) in [5.74, 6) is 0.652. The standard InChI is InChI=1S/C13H20BrN3O2S/c1-3-8-16-13(15-2)17-9-10-20(18,19)12-6-4-11(14)5-7-12/h4-7H,3,8-10H2,1-2H3,(H2,15,16,17). The number of hydrogen-bond donors (Lipinski definition) is 2. The summed E-state index contributed by atoms with van der Waals surface area (Å²) in [5, 5.41) is 6.08. The van der Waals surface area contributed by atoms with Crippen LogP contribution in [0.3, 0.4) is 0 Å². The quantitative estimate of drug-likeness (QED) is 0.598. The fourth-order valence-electron chi connectivity index (χ4n) is 1.53. The van der Waals surface area contributed by atoms with Crippen LogP contribution in [-0.4, -0.2) is 40.3 Å². The first kappa shape index (κ1) is 17.0. The molecule has 0 aromatic heterocycles. The van der Waals surface area contributed by atoms with Crippen LogP contribution in [0.1, 0.15) is 13.3 Å². The molecule has 20 heavy (non-hydrogen) atoms. The molecule has 1 rings (SSSR count). The van der Waals surface area contributed by atoms with Gasteiger partial charge in [-0.05, 0) is 30.7 Å². The summed E-state index contributed by atoms with van der Waals surface area (Å²) in [4.78, 5) is 4.36. The molecule has 0 aliphatic heterocycles. The predicted molar refractivity (Wildman–Crippen MR) is 85.9 cm³/mol. The number of nitrogens with one attached hydrogen (secondary N) is 2. The SMILES string of the molecule is CCCNC(=NC)NCCS(=O)(=O)c1ccc(Br)cc1. The lowest BCUT2D eigenvalue weighted by Gasteiger charge is -2.11. The number of guanidine groups is 1. The van der Waals surface area contributed by atoms with Gasteiger partial charge in [0.15, 0.2) is 15.8 Å². The molecular weight excluding hydrogens is 342 g/mol. The highest BCUT2D eigenvalue weighted by molar-refractivity contribution is 9.10. The van der Waals surface area contributed by atoms with Crippen molar-refractivity contribution in [1.82, 2.24) is 10.6 Å². The number of halogens is 1. The van der Waals surface area contributed by atoms with Gasteiger partial charge in [0.1, 0.15) is 0 Å². The maximum atomic E-state index is 12.1. The molecule has 0 aliphatic carbocycles. The Kier molecular flexibility index (Phi) is 7.01. The third kappa shape index (κ3) is 5.50. The van der Waals surface area contributed by atoms with E-state index in [0.717, 1.165) is 17.4 Å². The van der Waals surface area contributed by atoms with Crippen LogP contribution < -0.4 is 10.6 Å². The summed E-state index contributed by atoms with van der Waals surface area (Å²) in [6.45, 7) is 3.18. The van der Waals surface area contributed by atoms with Crippen molar-refractivity contribution in [3.8, 4) is 0 Å². The minimum Gasteiger partial charge on any atom is -0.356 e. The van der Waals surface area contributed by atoms with Gasteiger partial charge in [-0.3, -0.25) is 4.99 Å². The van der Waals surface area contributed by atoms with Gasteiger partial charge in [0.05, 0.1) is 10.6 Å². The second-order valence-corrected chi connectivity index (χ2v) is 7.22. The number of sulfone groups is 1. The van der Waals surface area contributed by atoms with E-state index >= 15 is 0 Å². The number of rotatable bonds is 6. The Morgan fingerprint density at radius 1 is 1.20 bits per heavy atom. The summed E-state index contributed by atoms with van der Waals surface area (Å²) < 4.78 is 25.1. The molecule has 0 unspecified atom stereocenters. The summed E-state index contributed by atoms with van der Waals surface area (Å²) in [7, 11) is -1.61. The van der Waals surface area contributed by atoms with E-state index in [9.17, 15) is 8.42 Å². The highest BCUT2D eigenvalue weighted by Gasteiger charge is 2.13. The van der Waals surface area contributed by atoms with E-state index in [0.29, 0.717) is 17.4 Å². The fourth-order valence-corrected chi connectivity index (χ4v) is 2.95. The van der Waals surface area contributed by atoms with E-state index in [4.69, 9.17) is 0 Å². The molecule has 0 heterocycles. The summed E-state index contributed by atoms with van der Waals surface area (Å²) in [6.07, 6.45) is 0.984. The zero-order valence-electron chi connectivity index (χ0n) is 11.7. The van der Waals surface area contributed by atoms with Gasteiger partial charge in [-0.2, -0.15) is 0 Å². The molecule has 5 nitrogen and oxygen atoms in total. The first-order chi connectivity index (χ1) is 9.49. The topological polar surface area (TPSA) is 70.6 Å². The van der Waals surface area contributed by atoms with Crippen molar-refractivity contribution in [2.45, 2.75) is 18.2 Å². The Morgan fingerprint density at radius 2 is 1.80 bits per heavy atom. The largest absolute Gasteiger partial charge is 0.356 e. The maximum Gasteiger partial charge on any atom is 0.191 e. The lowest BCUT2D eigenvalue weighted by atomic mass is 10.4. The molecule has 0 saturated heterocycles. The van der Waals surface area contributed by atoms with Gasteiger partial charge < -0.3 is 10.6 Å². The van der Waals surface area contributed by atoms with Crippen molar-refractivity contribution < 1.29 is 8.42 Å². The van der Waals surface area contributed by atoms with E-state index in [-0.39, 0.29) is 5.75 Å². The van der Waals surface area contributed by atoms with E-state index in [2.05, 4.69) is 38.5 Å². The minimum atomic E-state index is -3.27. The molecule has 0 saturated carbocycles. The van der Waals surface area contributed by atoms with Crippen LogP contribution in [-0.2, 0) is 9.84 Å². The van der Waals surface area contributed by atoms with Gasteiger partial charge in [-0.15, -0.1) is 0 Å². The van der Waals surface area contributed by atoms with Gasteiger partial charge >= 0.3 is 0 Å². The second-order valence-electron chi connectivity index (χ2n) is 4.20. The first-order valence-corrected chi connectivity index (χ1v) is 8.87. The Balaban J connectivity index is 2.53. The lowest BCUT2D eigenvalue weighted by Crippen LogP contribution is -2.39. The molecule has 7 heteroatoms. The smallest absolute Gasteiger partial charge is 0.191 e. The average Bonchev–Trinajstić information content (AvgIpc) is 2.43. The molecule has 0 aliphatic rings. The van der Waals surface area contributed by atoms with Crippen molar-refractivity contribution in [3.63, 3.8) is 0 Å². The summed E-state index contributed by atoms with van der Waals surface area (Å²) in [5.41, 5.74) is 0. The van der Waals surface area contributed by atoms with Crippen LogP contribution in [0.2, 0.25) is 0 Å². The third-order valence-electron chi connectivity index (χ3n) is 2.60. The molecule has 112 valence electrons. The molecule has 2 N–H and O–H groups in total. The van der Waals surface area contributed by atoms with Gasteiger partial charge in [0.25, 0.3) is 0 Å². The number of benzene rings is 1. The van der Waals surface area contributed by atoms with E-state index in [1.807, 2.05) is 0 Å². The van der Waals surface area contributed by atoms with Gasteiger partial charge in [-0.1, -0.05) is 22.9 Å². The molecule has 0 atom stereocenters. The van der Waals surface area contributed by atoms with Crippen LogP contribution in [0.25, 0.3) is 0 Å². The van der Waals surface area contributed by atoms with Crippen molar-refractivity contribution in [2.24, 2.45) is 4.99 Å². The van der Waals surface area contributed by atoms with Crippen molar-refractivity contribution >= 4 is 31.7 Å². The average molecular weight is 362 g/mol. The normalized spacial score (nSPS) is 12.2. The predicted octanol–water partition coefficient (Wildman–Crippen LogP) is 1.80. The second kappa shape index (κ2) is 8.26. The minimum absolute atomic E-state index is 0.0292. The first-order valence-electron chi connectivity index (χ1n) is 6.42. The Bertz CT molecular complexity index is 541. The molecule has 0 bridgehead atoms. The van der Waals surface area contributed by atoms with E-state index in [1.165, 1.54) is 0 Å². The zero-order valence-corrected chi connectivity index (χ0v) is 14.1. The highest BCUT2D eigenvalue weighted by Crippen LogP contribution is 2.15. The van der Waals surface area contributed by atoms with Crippen LogP contribution in [0.5, 0.6) is 0 Å². The molecular formula is C13H20BrN3O2S. The third-order valence-corrected chi connectivity index (χ3v) is 4.86.